The molecular weight excluding hydrogens is 266 g/mol. The van der Waals surface area contributed by atoms with Gasteiger partial charge in [-0.2, -0.15) is 0 Å². The molecule has 19 heavy (non-hydrogen) atoms. The van der Waals surface area contributed by atoms with Gasteiger partial charge >= 0.3 is 5.97 Å². The predicted octanol–water partition coefficient (Wildman–Crippen LogP) is 1.20. The van der Waals surface area contributed by atoms with Crippen molar-refractivity contribution in [1.29, 1.82) is 0 Å². The number of carboxylic acid groups (broad SMARTS) is 1. The monoisotopic (exact) mass is 274 g/mol. The summed E-state index contributed by atoms with van der Waals surface area (Å²) in [6, 6.07) is 6.28. The van der Waals surface area contributed by atoms with Crippen molar-refractivity contribution in [2.75, 3.05) is 0 Å². The fourth-order valence-corrected chi connectivity index (χ4v) is 1.55. The summed E-state index contributed by atoms with van der Waals surface area (Å²) in [5.41, 5.74) is 0.801. The Labute approximate surface area is 115 Å². The number of ether oxygens (including phenoxy) is 1. The lowest BCUT2D eigenvalue weighted by molar-refractivity contribution is 0.0690. The Kier molecular flexibility index (Phi) is 4.01. The molecule has 94 valence electrons. The molecule has 0 aliphatic carbocycles. The van der Waals surface area contributed by atoms with E-state index in [0.717, 1.165) is 0 Å². The van der Waals surface area contributed by atoms with E-state index in [9.17, 15) is 4.79 Å². The Hall–Kier alpha value is -2.08. The SMILES string of the molecule is [B]c1cccc(OCc2cnc(C(=O)O)cc2Cl)n1. The zero-order chi connectivity index (χ0) is 13.8. The molecule has 2 radical (unpaired) electrons. The number of hydrogen-bond donors (Lipinski definition) is 1. The first-order chi connectivity index (χ1) is 9.06. The molecule has 2 heterocycles. The highest BCUT2D eigenvalue weighted by molar-refractivity contribution is 6.31. The molecule has 0 bridgehead atoms. The summed E-state index contributed by atoms with van der Waals surface area (Å²) in [6.07, 6.45) is 1.36. The summed E-state index contributed by atoms with van der Waals surface area (Å²) >= 11 is 5.94. The zero-order valence-corrected chi connectivity index (χ0v) is 10.5. The lowest BCUT2D eigenvalue weighted by Gasteiger charge is -2.07. The molecule has 0 fully saturated rings. The van der Waals surface area contributed by atoms with Gasteiger partial charge in [-0.15, -0.1) is 0 Å². The second-order valence-electron chi connectivity index (χ2n) is 3.66. The molecule has 0 atom stereocenters. The highest BCUT2D eigenvalue weighted by Crippen LogP contribution is 2.17. The van der Waals surface area contributed by atoms with E-state index in [4.69, 9.17) is 29.3 Å². The number of pyridine rings is 2. The van der Waals surface area contributed by atoms with Gasteiger partial charge in [0.05, 0.1) is 5.02 Å². The van der Waals surface area contributed by atoms with Crippen LogP contribution in [0.1, 0.15) is 16.1 Å². The third kappa shape index (κ3) is 3.45. The molecule has 0 aromatic carbocycles. The number of nitrogens with zero attached hydrogens (tertiary/aromatic N) is 2. The van der Waals surface area contributed by atoms with Gasteiger partial charge in [-0.1, -0.05) is 23.7 Å². The highest BCUT2D eigenvalue weighted by Gasteiger charge is 2.09. The van der Waals surface area contributed by atoms with Gasteiger partial charge in [0.15, 0.2) is 0 Å². The smallest absolute Gasteiger partial charge is 0.354 e. The standard InChI is InChI=1S/C12H8BClN2O3/c13-10-2-1-3-11(16-10)19-6-7-5-15-9(12(17)18)4-8(7)14/h1-5H,6H2,(H,17,18). The minimum Gasteiger partial charge on any atom is -0.477 e. The third-order valence-electron chi connectivity index (χ3n) is 2.27. The van der Waals surface area contributed by atoms with Crippen LogP contribution in [0.4, 0.5) is 0 Å². The van der Waals surface area contributed by atoms with Gasteiger partial charge in [0.25, 0.3) is 0 Å². The number of halogens is 1. The van der Waals surface area contributed by atoms with Crippen molar-refractivity contribution < 1.29 is 14.6 Å². The second-order valence-corrected chi connectivity index (χ2v) is 4.06. The minimum absolute atomic E-state index is 0.115. The average molecular weight is 274 g/mol. The fourth-order valence-electron chi connectivity index (χ4n) is 1.35. The van der Waals surface area contributed by atoms with Crippen LogP contribution in [0.25, 0.3) is 0 Å². The van der Waals surface area contributed by atoms with Crippen LogP contribution in [0.5, 0.6) is 5.88 Å². The number of hydrogen-bond acceptors (Lipinski definition) is 4. The van der Waals surface area contributed by atoms with Crippen molar-refractivity contribution in [1.82, 2.24) is 9.97 Å². The fraction of sp³-hybridized carbons (Fsp3) is 0.0833. The summed E-state index contributed by atoms with van der Waals surface area (Å²) in [5.74, 6) is -0.773. The Balaban J connectivity index is 2.10. The van der Waals surface area contributed by atoms with E-state index in [1.807, 2.05) is 0 Å². The van der Waals surface area contributed by atoms with Gasteiger partial charge in [-0.25, -0.2) is 14.8 Å². The molecule has 0 aliphatic rings. The van der Waals surface area contributed by atoms with E-state index in [1.54, 1.807) is 18.2 Å². The van der Waals surface area contributed by atoms with Crippen LogP contribution < -0.4 is 10.3 Å². The van der Waals surface area contributed by atoms with E-state index >= 15 is 0 Å². The van der Waals surface area contributed by atoms with Crippen LogP contribution in [0, 0.1) is 0 Å². The summed E-state index contributed by atoms with van der Waals surface area (Å²) in [5, 5.41) is 9.04. The van der Waals surface area contributed by atoms with E-state index in [1.165, 1.54) is 12.3 Å². The molecule has 0 aliphatic heterocycles. The molecule has 5 nitrogen and oxygen atoms in total. The van der Waals surface area contributed by atoms with Gasteiger partial charge in [0.2, 0.25) is 5.88 Å². The van der Waals surface area contributed by atoms with Crippen molar-refractivity contribution in [2.45, 2.75) is 6.61 Å². The maximum Gasteiger partial charge on any atom is 0.354 e. The molecule has 2 aromatic rings. The number of rotatable bonds is 4. The Morgan fingerprint density at radius 1 is 1.47 bits per heavy atom. The molecule has 2 rings (SSSR count). The summed E-state index contributed by atoms with van der Waals surface area (Å²) in [7, 11) is 5.52. The van der Waals surface area contributed by atoms with Crippen molar-refractivity contribution in [3.05, 3.63) is 46.7 Å². The topological polar surface area (TPSA) is 72.3 Å². The number of carbonyl (C=O) groups is 1. The van der Waals surface area contributed by atoms with Crippen LogP contribution in [-0.2, 0) is 6.61 Å². The van der Waals surface area contributed by atoms with Crippen LogP contribution in [0.2, 0.25) is 5.02 Å². The molecule has 0 spiro atoms. The minimum atomic E-state index is -1.13. The van der Waals surface area contributed by atoms with Gasteiger partial charge in [0.1, 0.15) is 20.1 Å². The van der Waals surface area contributed by atoms with E-state index in [2.05, 4.69) is 9.97 Å². The number of aromatic carboxylic acids is 1. The molecule has 0 unspecified atom stereocenters. The average Bonchev–Trinajstić information content (AvgIpc) is 2.37. The van der Waals surface area contributed by atoms with Gasteiger partial charge in [-0.3, -0.25) is 0 Å². The van der Waals surface area contributed by atoms with Gasteiger partial charge < -0.3 is 9.84 Å². The summed E-state index contributed by atoms with van der Waals surface area (Å²) in [6.45, 7) is 0.127. The van der Waals surface area contributed by atoms with Crippen molar-refractivity contribution in [3.63, 3.8) is 0 Å². The lowest BCUT2D eigenvalue weighted by atomic mass is 10.0. The van der Waals surface area contributed by atoms with Crippen molar-refractivity contribution in [2.24, 2.45) is 0 Å². The third-order valence-corrected chi connectivity index (χ3v) is 2.62. The molecule has 0 amide bonds. The largest absolute Gasteiger partial charge is 0.477 e. The first kappa shape index (κ1) is 13.4. The molecule has 1 N–H and O–H groups in total. The molecule has 2 aromatic heterocycles. The van der Waals surface area contributed by atoms with Gasteiger partial charge in [-0.05, 0) is 11.7 Å². The number of aromatic nitrogens is 2. The van der Waals surface area contributed by atoms with Crippen LogP contribution >= 0.6 is 11.6 Å². The Morgan fingerprint density at radius 2 is 2.26 bits per heavy atom. The summed E-state index contributed by atoms with van der Waals surface area (Å²) in [4.78, 5) is 18.4. The highest BCUT2D eigenvalue weighted by atomic mass is 35.5. The molecule has 0 saturated heterocycles. The maximum absolute atomic E-state index is 10.7. The van der Waals surface area contributed by atoms with Crippen molar-refractivity contribution in [3.8, 4) is 5.88 Å². The van der Waals surface area contributed by atoms with E-state index < -0.39 is 5.97 Å². The van der Waals surface area contributed by atoms with Gasteiger partial charge in [0, 0.05) is 17.8 Å². The predicted molar refractivity (Wildman–Crippen MR) is 70.2 cm³/mol. The Morgan fingerprint density at radius 3 is 2.89 bits per heavy atom. The maximum atomic E-state index is 10.7. The Bertz CT molecular complexity index is 622. The van der Waals surface area contributed by atoms with E-state index in [0.29, 0.717) is 17.0 Å². The normalized spacial score (nSPS) is 10.2. The summed E-state index contributed by atoms with van der Waals surface area (Å²) < 4.78 is 5.39. The second kappa shape index (κ2) is 5.71. The first-order valence-corrected chi connectivity index (χ1v) is 5.67. The zero-order valence-electron chi connectivity index (χ0n) is 9.71. The van der Waals surface area contributed by atoms with E-state index in [-0.39, 0.29) is 17.3 Å². The molecular formula is C12H8BClN2O3. The lowest BCUT2D eigenvalue weighted by Crippen LogP contribution is -2.09. The number of carboxylic acids is 1. The quantitative estimate of drug-likeness (QED) is 0.848. The van der Waals surface area contributed by atoms with Crippen LogP contribution in [0.3, 0.4) is 0 Å². The van der Waals surface area contributed by atoms with Crippen LogP contribution in [-0.4, -0.2) is 28.9 Å². The molecule has 0 saturated carbocycles. The first-order valence-electron chi connectivity index (χ1n) is 5.29. The molecule has 7 heteroatoms. The van der Waals surface area contributed by atoms with Crippen molar-refractivity contribution >= 4 is 31.0 Å². The van der Waals surface area contributed by atoms with Crippen LogP contribution in [0.15, 0.2) is 30.5 Å².